The summed E-state index contributed by atoms with van der Waals surface area (Å²) in [6.07, 6.45) is 2.56. The lowest BCUT2D eigenvalue weighted by Gasteiger charge is -2.03. The Kier molecular flexibility index (Phi) is 7.89. The quantitative estimate of drug-likeness (QED) is 0.631. The second-order valence-corrected chi connectivity index (χ2v) is 2.91. The van der Waals surface area contributed by atoms with Crippen LogP contribution in [-0.4, -0.2) is 45.3 Å². The van der Waals surface area contributed by atoms with Crippen molar-refractivity contribution in [2.45, 2.75) is 12.8 Å². The van der Waals surface area contributed by atoms with Gasteiger partial charge >= 0.3 is 0 Å². The van der Waals surface area contributed by atoms with Crippen LogP contribution in [0.5, 0.6) is 0 Å². The average Bonchev–Trinajstić information content (AvgIpc) is 2.41. The predicted octanol–water partition coefficient (Wildman–Crippen LogP) is 0.304. The standard InChI is InChI=1S/C4H12N2.C4H8O/c1-6(2)4-3-5;1-2-4-5-3-1/h3-5H2,1-2H3;1-4H2. The zero-order valence-electron chi connectivity index (χ0n) is 7.68. The molecule has 0 amide bonds. The van der Waals surface area contributed by atoms with Gasteiger partial charge in [0, 0.05) is 26.3 Å². The van der Waals surface area contributed by atoms with Gasteiger partial charge in [0.15, 0.2) is 0 Å². The highest BCUT2D eigenvalue weighted by Gasteiger charge is 1.94. The van der Waals surface area contributed by atoms with E-state index in [0.717, 1.165) is 26.3 Å². The van der Waals surface area contributed by atoms with Gasteiger partial charge in [-0.3, -0.25) is 0 Å². The van der Waals surface area contributed by atoms with E-state index in [1.54, 1.807) is 0 Å². The van der Waals surface area contributed by atoms with Crippen LogP contribution in [0.4, 0.5) is 0 Å². The first kappa shape index (κ1) is 10.9. The van der Waals surface area contributed by atoms with Crippen LogP contribution in [0.1, 0.15) is 12.8 Å². The Labute approximate surface area is 69.5 Å². The molecule has 0 unspecified atom stereocenters. The van der Waals surface area contributed by atoms with E-state index in [1.807, 2.05) is 14.1 Å². The molecule has 0 atom stereocenters. The van der Waals surface area contributed by atoms with Crippen molar-refractivity contribution in [3.05, 3.63) is 0 Å². The molecule has 0 aromatic carbocycles. The third kappa shape index (κ3) is 9.88. The van der Waals surface area contributed by atoms with Crippen molar-refractivity contribution < 1.29 is 4.74 Å². The van der Waals surface area contributed by atoms with E-state index in [-0.39, 0.29) is 0 Å². The van der Waals surface area contributed by atoms with E-state index >= 15 is 0 Å². The van der Waals surface area contributed by atoms with Crippen LogP contribution in [0, 0.1) is 0 Å². The molecule has 0 aromatic rings. The van der Waals surface area contributed by atoms with E-state index in [2.05, 4.69) is 4.90 Å². The molecular weight excluding hydrogens is 140 g/mol. The third-order valence-corrected chi connectivity index (χ3v) is 1.40. The lowest BCUT2D eigenvalue weighted by atomic mass is 10.4. The number of hydrogen-bond donors (Lipinski definition) is 1. The normalized spacial score (nSPS) is 16.4. The van der Waals surface area contributed by atoms with Crippen molar-refractivity contribution in [3.63, 3.8) is 0 Å². The van der Waals surface area contributed by atoms with Gasteiger partial charge in [0.2, 0.25) is 0 Å². The molecule has 68 valence electrons. The Hall–Kier alpha value is -0.120. The molecule has 2 N–H and O–H groups in total. The van der Waals surface area contributed by atoms with Gasteiger partial charge in [-0.25, -0.2) is 0 Å². The maximum absolute atomic E-state index is 5.19. The van der Waals surface area contributed by atoms with E-state index in [9.17, 15) is 0 Å². The lowest BCUT2D eigenvalue weighted by molar-refractivity contribution is 0.198. The van der Waals surface area contributed by atoms with E-state index < -0.39 is 0 Å². The Morgan fingerprint density at radius 1 is 1.27 bits per heavy atom. The number of nitrogens with two attached hydrogens (primary N) is 1. The molecule has 0 radical (unpaired) electrons. The fourth-order valence-electron chi connectivity index (χ4n) is 0.769. The van der Waals surface area contributed by atoms with Crippen LogP contribution >= 0.6 is 0 Å². The first-order valence-corrected chi connectivity index (χ1v) is 4.20. The fourth-order valence-corrected chi connectivity index (χ4v) is 0.769. The Morgan fingerprint density at radius 3 is 1.91 bits per heavy atom. The molecule has 0 saturated carbocycles. The number of likely N-dealkylation sites (N-methyl/N-ethyl adjacent to an activating group) is 1. The van der Waals surface area contributed by atoms with Gasteiger partial charge in [0.25, 0.3) is 0 Å². The van der Waals surface area contributed by atoms with Gasteiger partial charge in [-0.1, -0.05) is 0 Å². The molecule has 1 saturated heterocycles. The van der Waals surface area contributed by atoms with Gasteiger partial charge < -0.3 is 15.4 Å². The second kappa shape index (κ2) is 7.98. The van der Waals surface area contributed by atoms with Crippen LogP contribution in [0.15, 0.2) is 0 Å². The largest absolute Gasteiger partial charge is 0.381 e. The molecular formula is C8H20N2O. The van der Waals surface area contributed by atoms with Crippen LogP contribution in [-0.2, 0) is 4.74 Å². The molecule has 1 aliphatic rings. The van der Waals surface area contributed by atoms with Gasteiger partial charge in [0.05, 0.1) is 0 Å². The van der Waals surface area contributed by atoms with Crippen molar-refractivity contribution in [3.8, 4) is 0 Å². The number of nitrogens with zero attached hydrogens (tertiary/aromatic N) is 1. The highest BCUT2D eigenvalue weighted by molar-refractivity contribution is 4.43. The summed E-state index contributed by atoms with van der Waals surface area (Å²) in [4.78, 5) is 2.06. The van der Waals surface area contributed by atoms with E-state index in [0.29, 0.717) is 0 Å². The molecule has 0 spiro atoms. The summed E-state index contributed by atoms with van der Waals surface area (Å²) in [5, 5.41) is 0. The maximum Gasteiger partial charge on any atom is 0.0466 e. The number of hydrogen-bond acceptors (Lipinski definition) is 3. The number of rotatable bonds is 2. The lowest BCUT2D eigenvalue weighted by Crippen LogP contribution is -2.20. The van der Waals surface area contributed by atoms with Crippen LogP contribution < -0.4 is 5.73 Å². The second-order valence-electron chi connectivity index (χ2n) is 2.91. The van der Waals surface area contributed by atoms with Crippen molar-refractivity contribution >= 4 is 0 Å². The fraction of sp³-hybridized carbons (Fsp3) is 1.00. The van der Waals surface area contributed by atoms with Gasteiger partial charge in [0.1, 0.15) is 0 Å². The van der Waals surface area contributed by atoms with E-state index in [1.165, 1.54) is 12.8 Å². The van der Waals surface area contributed by atoms with Crippen molar-refractivity contribution in [1.29, 1.82) is 0 Å². The highest BCUT2D eigenvalue weighted by Crippen LogP contribution is 1.98. The van der Waals surface area contributed by atoms with E-state index in [4.69, 9.17) is 10.5 Å². The van der Waals surface area contributed by atoms with Gasteiger partial charge in [-0.15, -0.1) is 0 Å². The third-order valence-electron chi connectivity index (χ3n) is 1.40. The molecule has 1 fully saturated rings. The summed E-state index contributed by atoms with van der Waals surface area (Å²) >= 11 is 0. The van der Waals surface area contributed by atoms with Gasteiger partial charge in [-0.2, -0.15) is 0 Å². The summed E-state index contributed by atoms with van der Waals surface area (Å²) in [6, 6.07) is 0. The average molecular weight is 160 g/mol. The Morgan fingerprint density at radius 2 is 1.82 bits per heavy atom. The SMILES string of the molecule is C1CCOC1.CN(C)CCN. The molecule has 1 heterocycles. The summed E-state index contributed by atoms with van der Waals surface area (Å²) in [7, 11) is 4.01. The minimum absolute atomic E-state index is 0.757. The maximum atomic E-state index is 5.19. The molecule has 3 heteroatoms. The van der Waals surface area contributed by atoms with Crippen molar-refractivity contribution in [2.24, 2.45) is 5.73 Å². The topological polar surface area (TPSA) is 38.5 Å². The zero-order chi connectivity index (χ0) is 8.53. The monoisotopic (exact) mass is 160 g/mol. The predicted molar refractivity (Wildman–Crippen MR) is 47.7 cm³/mol. The molecule has 0 bridgehead atoms. The van der Waals surface area contributed by atoms with Crippen molar-refractivity contribution in [1.82, 2.24) is 4.90 Å². The Bertz CT molecular complexity index is 64.9. The molecule has 1 rings (SSSR count). The molecule has 1 aliphatic heterocycles. The van der Waals surface area contributed by atoms with Crippen LogP contribution in [0.25, 0.3) is 0 Å². The van der Waals surface area contributed by atoms with Crippen molar-refractivity contribution in [2.75, 3.05) is 40.4 Å². The summed E-state index contributed by atoms with van der Waals surface area (Å²) in [5.41, 5.74) is 5.19. The minimum Gasteiger partial charge on any atom is -0.381 e. The van der Waals surface area contributed by atoms with Gasteiger partial charge in [-0.05, 0) is 26.9 Å². The smallest absolute Gasteiger partial charge is 0.0466 e. The minimum atomic E-state index is 0.757. The van der Waals surface area contributed by atoms with Crippen LogP contribution in [0.3, 0.4) is 0 Å². The summed E-state index contributed by atoms with van der Waals surface area (Å²) in [5.74, 6) is 0. The molecule has 3 nitrogen and oxygen atoms in total. The number of ether oxygens (including phenoxy) is 1. The molecule has 0 aromatic heterocycles. The summed E-state index contributed by atoms with van der Waals surface area (Å²) < 4.78 is 4.94. The highest BCUT2D eigenvalue weighted by atomic mass is 16.5. The first-order chi connectivity index (χ1) is 5.27. The molecule has 11 heavy (non-hydrogen) atoms. The zero-order valence-corrected chi connectivity index (χ0v) is 7.68. The Balaban J connectivity index is 0.000000183. The molecule has 0 aliphatic carbocycles. The summed E-state index contributed by atoms with van der Waals surface area (Å²) in [6.45, 7) is 3.74. The first-order valence-electron chi connectivity index (χ1n) is 4.20. The van der Waals surface area contributed by atoms with Crippen LogP contribution in [0.2, 0.25) is 0 Å².